The molecule has 0 spiro atoms. The highest BCUT2D eigenvalue weighted by Crippen LogP contribution is 2.35. The van der Waals surface area contributed by atoms with Gasteiger partial charge in [-0.1, -0.05) is 35.3 Å². The standard InChI is InChI=1S/C15H10Cl2F3N3O/c1-21-13(17)9-6-7-12(15(18,19)20)22-14(9)23(8-24)11-5-3-2-4-10(11)16/h2-8H,1H3/b21-13+. The van der Waals surface area contributed by atoms with Gasteiger partial charge in [0.05, 0.1) is 16.3 Å². The summed E-state index contributed by atoms with van der Waals surface area (Å²) in [5.41, 5.74) is -0.928. The topological polar surface area (TPSA) is 45.6 Å². The molecule has 0 unspecified atom stereocenters. The second-order valence-corrected chi connectivity index (χ2v) is 5.27. The molecular formula is C15H10Cl2F3N3O. The predicted molar refractivity (Wildman–Crippen MR) is 87.2 cm³/mol. The van der Waals surface area contributed by atoms with Crippen LogP contribution >= 0.6 is 23.2 Å². The van der Waals surface area contributed by atoms with Crippen LogP contribution in [-0.2, 0) is 11.0 Å². The van der Waals surface area contributed by atoms with Gasteiger partial charge in [-0.15, -0.1) is 0 Å². The van der Waals surface area contributed by atoms with Crippen LogP contribution in [0.2, 0.25) is 5.02 Å². The van der Waals surface area contributed by atoms with Crippen molar-refractivity contribution in [2.45, 2.75) is 6.18 Å². The fourth-order valence-electron chi connectivity index (χ4n) is 1.94. The fraction of sp³-hybridized carbons (Fsp3) is 0.133. The lowest BCUT2D eigenvalue weighted by Gasteiger charge is -2.21. The Balaban J connectivity index is 2.72. The van der Waals surface area contributed by atoms with Crippen molar-refractivity contribution in [3.8, 4) is 0 Å². The van der Waals surface area contributed by atoms with Gasteiger partial charge in [0.1, 0.15) is 10.9 Å². The van der Waals surface area contributed by atoms with Crippen LogP contribution in [0.15, 0.2) is 41.4 Å². The van der Waals surface area contributed by atoms with E-state index in [-0.39, 0.29) is 27.3 Å². The summed E-state index contributed by atoms with van der Waals surface area (Å²) in [6.45, 7) is 0. The molecule has 0 atom stereocenters. The van der Waals surface area contributed by atoms with Crippen LogP contribution < -0.4 is 4.90 Å². The van der Waals surface area contributed by atoms with E-state index in [4.69, 9.17) is 23.2 Å². The van der Waals surface area contributed by atoms with Gasteiger partial charge in [-0.25, -0.2) is 4.98 Å². The SMILES string of the molecule is C/N=C(/Cl)c1ccc(C(F)(F)F)nc1N(C=O)c1ccccc1Cl. The van der Waals surface area contributed by atoms with Crippen LogP contribution in [0.5, 0.6) is 0 Å². The number of hydrogen-bond acceptors (Lipinski definition) is 3. The van der Waals surface area contributed by atoms with E-state index in [1.807, 2.05) is 0 Å². The van der Waals surface area contributed by atoms with Gasteiger partial charge in [0.2, 0.25) is 6.41 Å². The van der Waals surface area contributed by atoms with E-state index in [9.17, 15) is 18.0 Å². The van der Waals surface area contributed by atoms with Crippen molar-refractivity contribution in [2.75, 3.05) is 11.9 Å². The first-order valence-corrected chi connectivity index (χ1v) is 7.25. The van der Waals surface area contributed by atoms with Crippen LogP contribution in [0.25, 0.3) is 0 Å². The first-order chi connectivity index (χ1) is 11.3. The third kappa shape index (κ3) is 3.68. The molecule has 2 rings (SSSR count). The minimum absolute atomic E-state index is 0.0687. The highest BCUT2D eigenvalue weighted by atomic mass is 35.5. The van der Waals surface area contributed by atoms with Crippen molar-refractivity contribution >= 4 is 46.3 Å². The lowest BCUT2D eigenvalue weighted by molar-refractivity contribution is -0.141. The number of pyridine rings is 1. The molecule has 9 heteroatoms. The predicted octanol–water partition coefficient (Wildman–Crippen LogP) is 4.66. The molecular weight excluding hydrogens is 366 g/mol. The number of halogens is 5. The number of carbonyl (C=O) groups is 1. The van der Waals surface area contributed by atoms with Crippen molar-refractivity contribution in [3.63, 3.8) is 0 Å². The Bertz CT molecular complexity index is 794. The van der Waals surface area contributed by atoms with E-state index in [0.717, 1.165) is 17.0 Å². The number of benzene rings is 1. The van der Waals surface area contributed by atoms with Gasteiger partial charge in [-0.3, -0.25) is 14.7 Å². The maximum Gasteiger partial charge on any atom is 0.433 e. The average molecular weight is 376 g/mol. The van der Waals surface area contributed by atoms with Crippen LogP contribution in [-0.4, -0.2) is 23.6 Å². The number of carbonyl (C=O) groups excluding carboxylic acids is 1. The molecule has 24 heavy (non-hydrogen) atoms. The number of amides is 1. The smallest absolute Gasteiger partial charge is 0.278 e. The summed E-state index contributed by atoms with van der Waals surface area (Å²) in [5, 5.41) is 0.0736. The molecule has 0 saturated carbocycles. The lowest BCUT2D eigenvalue weighted by Crippen LogP contribution is -2.21. The Morgan fingerprint density at radius 1 is 1.25 bits per heavy atom. The summed E-state index contributed by atoms with van der Waals surface area (Å²) in [6, 6.07) is 8.04. The van der Waals surface area contributed by atoms with Gasteiger partial charge in [0.25, 0.3) is 0 Å². The zero-order chi connectivity index (χ0) is 17.9. The zero-order valence-corrected chi connectivity index (χ0v) is 13.7. The summed E-state index contributed by atoms with van der Waals surface area (Å²) >= 11 is 12.0. The number of rotatable bonds is 4. The van der Waals surface area contributed by atoms with E-state index in [1.54, 1.807) is 12.1 Å². The number of hydrogen-bond donors (Lipinski definition) is 0. The third-order valence-corrected chi connectivity index (χ3v) is 3.72. The first kappa shape index (κ1) is 18.2. The maximum atomic E-state index is 13.0. The van der Waals surface area contributed by atoms with Gasteiger partial charge < -0.3 is 0 Å². The number of alkyl halides is 3. The van der Waals surface area contributed by atoms with Crippen molar-refractivity contribution in [2.24, 2.45) is 4.99 Å². The normalized spacial score (nSPS) is 12.2. The number of nitrogens with zero attached hydrogens (tertiary/aromatic N) is 3. The van der Waals surface area contributed by atoms with Gasteiger partial charge in [-0.2, -0.15) is 13.2 Å². The van der Waals surface area contributed by atoms with Crippen LogP contribution in [0.3, 0.4) is 0 Å². The van der Waals surface area contributed by atoms with E-state index in [1.165, 1.54) is 19.2 Å². The van der Waals surface area contributed by atoms with Crippen LogP contribution in [0.4, 0.5) is 24.7 Å². The van der Waals surface area contributed by atoms with Gasteiger partial charge in [0.15, 0.2) is 5.82 Å². The van der Waals surface area contributed by atoms with E-state index in [0.29, 0.717) is 6.41 Å². The van der Waals surface area contributed by atoms with Crippen molar-refractivity contribution < 1.29 is 18.0 Å². The minimum atomic E-state index is -4.68. The first-order valence-electron chi connectivity index (χ1n) is 6.49. The molecule has 4 nitrogen and oxygen atoms in total. The molecule has 1 heterocycles. The Morgan fingerprint density at radius 2 is 1.92 bits per heavy atom. The molecule has 1 aromatic heterocycles. The van der Waals surface area contributed by atoms with E-state index in [2.05, 4.69) is 9.98 Å². The monoisotopic (exact) mass is 375 g/mol. The van der Waals surface area contributed by atoms with Crippen LogP contribution in [0, 0.1) is 0 Å². The van der Waals surface area contributed by atoms with E-state index >= 15 is 0 Å². The van der Waals surface area contributed by atoms with Crippen molar-refractivity contribution in [3.05, 3.63) is 52.7 Å². The average Bonchev–Trinajstić information content (AvgIpc) is 2.55. The van der Waals surface area contributed by atoms with Crippen molar-refractivity contribution in [1.82, 2.24) is 4.98 Å². The van der Waals surface area contributed by atoms with Gasteiger partial charge in [-0.05, 0) is 24.3 Å². The number of aromatic nitrogens is 1. The Morgan fingerprint density at radius 3 is 2.46 bits per heavy atom. The third-order valence-electron chi connectivity index (χ3n) is 3.03. The maximum absolute atomic E-state index is 13.0. The molecule has 0 aliphatic heterocycles. The Kier molecular flexibility index (Phi) is 5.46. The summed E-state index contributed by atoms with van der Waals surface area (Å²) in [4.78, 5) is 19.7. The Labute approximate surface area is 145 Å². The lowest BCUT2D eigenvalue weighted by atomic mass is 10.2. The molecule has 0 aliphatic carbocycles. The van der Waals surface area contributed by atoms with Gasteiger partial charge in [0, 0.05) is 7.05 Å². The van der Waals surface area contributed by atoms with Gasteiger partial charge >= 0.3 is 6.18 Å². The second kappa shape index (κ2) is 7.19. The molecule has 0 bridgehead atoms. The number of aliphatic imine (C=N–C) groups is 1. The van der Waals surface area contributed by atoms with E-state index < -0.39 is 11.9 Å². The molecule has 0 saturated heterocycles. The van der Waals surface area contributed by atoms with Crippen LogP contribution in [0.1, 0.15) is 11.3 Å². The molecule has 2 aromatic rings. The summed E-state index contributed by atoms with van der Waals surface area (Å²) in [5.74, 6) is -0.316. The largest absolute Gasteiger partial charge is 0.433 e. The molecule has 0 aliphatic rings. The molecule has 0 N–H and O–H groups in total. The summed E-state index contributed by atoms with van der Waals surface area (Å²) < 4.78 is 38.9. The van der Waals surface area contributed by atoms with Crippen molar-refractivity contribution in [1.29, 1.82) is 0 Å². The highest BCUT2D eigenvalue weighted by Gasteiger charge is 2.34. The second-order valence-electron chi connectivity index (χ2n) is 4.51. The fourth-order valence-corrected chi connectivity index (χ4v) is 2.31. The quantitative estimate of drug-likeness (QED) is 0.576. The summed E-state index contributed by atoms with van der Waals surface area (Å²) in [6.07, 6.45) is -4.37. The highest BCUT2D eigenvalue weighted by molar-refractivity contribution is 6.70. The number of anilines is 2. The molecule has 0 radical (unpaired) electrons. The molecule has 1 aromatic carbocycles. The number of para-hydroxylation sites is 1. The molecule has 126 valence electrons. The zero-order valence-electron chi connectivity index (χ0n) is 12.2. The Hall–Kier alpha value is -2.12. The minimum Gasteiger partial charge on any atom is -0.278 e. The summed E-state index contributed by atoms with van der Waals surface area (Å²) in [7, 11) is 1.37. The molecule has 1 amide bonds. The molecule has 0 fully saturated rings.